The predicted molar refractivity (Wildman–Crippen MR) is 79.3 cm³/mol. The molecular weight excluding hydrogens is 310 g/mol. The van der Waals surface area contributed by atoms with E-state index in [0.29, 0.717) is 6.73 Å². The van der Waals surface area contributed by atoms with Crippen LogP contribution in [0.25, 0.3) is 11.2 Å². The third kappa shape index (κ3) is 3.40. The zero-order chi connectivity index (χ0) is 13.2. The van der Waals surface area contributed by atoms with Crippen LogP contribution in [0.3, 0.4) is 0 Å². The van der Waals surface area contributed by atoms with Crippen LogP contribution in [0.15, 0.2) is 23.1 Å². The summed E-state index contributed by atoms with van der Waals surface area (Å²) in [5, 5.41) is 0. The van der Waals surface area contributed by atoms with Gasteiger partial charge in [0.25, 0.3) is 0 Å². The highest BCUT2D eigenvalue weighted by atomic mass is 79.9. The molecule has 4 nitrogen and oxygen atoms in total. The molecule has 2 aromatic rings. The van der Waals surface area contributed by atoms with Gasteiger partial charge in [-0.3, -0.25) is 4.57 Å². The molecule has 0 atom stereocenters. The van der Waals surface area contributed by atoms with Crippen molar-refractivity contribution in [1.82, 2.24) is 14.5 Å². The predicted octanol–water partition coefficient (Wildman–Crippen LogP) is 3.51. The average Bonchev–Trinajstić information content (AvgIpc) is 2.59. The van der Waals surface area contributed by atoms with Crippen molar-refractivity contribution in [1.29, 1.82) is 0 Å². The van der Waals surface area contributed by atoms with Crippen molar-refractivity contribution in [3.05, 3.63) is 23.1 Å². The van der Waals surface area contributed by atoms with Crippen LogP contribution in [0.2, 0.25) is 25.7 Å². The number of nitrogens with zero attached hydrogens (tertiary/aromatic N) is 3. The molecule has 0 saturated heterocycles. The first-order valence-electron chi connectivity index (χ1n) is 6.02. The van der Waals surface area contributed by atoms with Gasteiger partial charge < -0.3 is 4.74 Å². The Morgan fingerprint density at radius 1 is 1.39 bits per heavy atom. The molecule has 0 N–H and O–H groups in total. The molecule has 0 fully saturated rings. The Kier molecular flexibility index (Phi) is 4.19. The van der Waals surface area contributed by atoms with Gasteiger partial charge in [-0.05, 0) is 34.1 Å². The van der Waals surface area contributed by atoms with Crippen molar-refractivity contribution in [3.63, 3.8) is 0 Å². The maximum atomic E-state index is 5.73. The molecule has 0 bridgehead atoms. The highest BCUT2D eigenvalue weighted by Crippen LogP contribution is 2.18. The van der Waals surface area contributed by atoms with E-state index in [2.05, 4.69) is 45.5 Å². The standard InChI is InChI=1S/C12H18BrN3OSi/c1-18(2,3)8-7-17-9-16-11-10(15-12(16)13)5-4-6-14-11/h4-6H,7-9H2,1-3H3. The van der Waals surface area contributed by atoms with Crippen molar-refractivity contribution in [2.75, 3.05) is 6.61 Å². The zero-order valence-electron chi connectivity index (χ0n) is 11.0. The minimum atomic E-state index is -1.02. The second-order valence-corrected chi connectivity index (χ2v) is 11.8. The molecule has 2 rings (SSSR count). The molecule has 6 heteroatoms. The number of ether oxygens (including phenoxy) is 1. The largest absolute Gasteiger partial charge is 0.361 e. The molecule has 0 saturated carbocycles. The Hall–Kier alpha value is -0.723. The van der Waals surface area contributed by atoms with E-state index in [-0.39, 0.29) is 0 Å². The summed E-state index contributed by atoms with van der Waals surface area (Å²) < 4.78 is 8.44. The van der Waals surface area contributed by atoms with Crippen LogP contribution >= 0.6 is 15.9 Å². The van der Waals surface area contributed by atoms with Crippen molar-refractivity contribution in [2.24, 2.45) is 0 Å². The topological polar surface area (TPSA) is 39.9 Å². The van der Waals surface area contributed by atoms with Gasteiger partial charge in [0, 0.05) is 20.9 Å². The molecule has 2 heterocycles. The van der Waals surface area contributed by atoms with E-state index in [1.165, 1.54) is 6.04 Å². The lowest BCUT2D eigenvalue weighted by Gasteiger charge is -2.15. The quantitative estimate of drug-likeness (QED) is 0.623. The van der Waals surface area contributed by atoms with Gasteiger partial charge in [-0.25, -0.2) is 9.97 Å². The van der Waals surface area contributed by atoms with Gasteiger partial charge in [0.1, 0.15) is 12.2 Å². The first kappa shape index (κ1) is 13.7. The number of pyridine rings is 1. The third-order valence-corrected chi connectivity index (χ3v) is 4.98. The van der Waals surface area contributed by atoms with Crippen molar-refractivity contribution in [3.8, 4) is 0 Å². The summed E-state index contributed by atoms with van der Waals surface area (Å²) in [4.78, 5) is 8.72. The minimum Gasteiger partial charge on any atom is -0.361 e. The number of aromatic nitrogens is 3. The Morgan fingerprint density at radius 2 is 2.17 bits per heavy atom. The van der Waals surface area contributed by atoms with E-state index in [1.807, 2.05) is 16.7 Å². The number of rotatable bonds is 5. The third-order valence-electron chi connectivity index (χ3n) is 2.67. The summed E-state index contributed by atoms with van der Waals surface area (Å²) in [6.45, 7) is 8.34. The summed E-state index contributed by atoms with van der Waals surface area (Å²) in [7, 11) is -1.02. The Morgan fingerprint density at radius 3 is 2.89 bits per heavy atom. The van der Waals surface area contributed by atoms with E-state index in [1.54, 1.807) is 6.20 Å². The van der Waals surface area contributed by atoms with Crippen LogP contribution in [-0.4, -0.2) is 29.2 Å². The SMILES string of the molecule is C[Si](C)(C)CCOCn1c(Br)nc2cccnc21. The molecule has 98 valence electrons. The minimum absolute atomic E-state index is 0.499. The zero-order valence-corrected chi connectivity index (χ0v) is 13.6. The fraction of sp³-hybridized carbons (Fsp3) is 0.500. The maximum absolute atomic E-state index is 5.73. The first-order valence-corrected chi connectivity index (χ1v) is 10.5. The van der Waals surface area contributed by atoms with Gasteiger partial charge in [-0.1, -0.05) is 19.6 Å². The highest BCUT2D eigenvalue weighted by Gasteiger charge is 2.13. The summed E-state index contributed by atoms with van der Waals surface area (Å²) >= 11 is 3.44. The highest BCUT2D eigenvalue weighted by molar-refractivity contribution is 9.10. The molecule has 0 aliphatic carbocycles. The van der Waals surface area contributed by atoms with E-state index >= 15 is 0 Å². The average molecular weight is 328 g/mol. The summed E-state index contributed by atoms with van der Waals surface area (Å²) in [6.07, 6.45) is 1.77. The van der Waals surface area contributed by atoms with E-state index in [9.17, 15) is 0 Å². The van der Waals surface area contributed by atoms with Crippen LogP contribution in [0.5, 0.6) is 0 Å². The smallest absolute Gasteiger partial charge is 0.181 e. The van der Waals surface area contributed by atoms with Crippen molar-refractivity contribution in [2.45, 2.75) is 32.4 Å². The molecule has 0 aliphatic heterocycles. The molecule has 0 radical (unpaired) electrons. The molecule has 2 aromatic heterocycles. The van der Waals surface area contributed by atoms with Crippen molar-refractivity contribution >= 4 is 35.2 Å². The normalized spacial score (nSPS) is 12.2. The van der Waals surface area contributed by atoms with Gasteiger partial charge in [-0.15, -0.1) is 0 Å². The van der Waals surface area contributed by atoms with Crippen LogP contribution in [0.1, 0.15) is 0 Å². The van der Waals surface area contributed by atoms with E-state index < -0.39 is 8.07 Å². The molecule has 0 spiro atoms. The second-order valence-electron chi connectivity index (χ2n) is 5.50. The van der Waals surface area contributed by atoms with Crippen molar-refractivity contribution < 1.29 is 4.74 Å². The fourth-order valence-electron chi connectivity index (χ4n) is 1.58. The molecule has 0 amide bonds. The second kappa shape index (κ2) is 5.50. The van der Waals surface area contributed by atoms with Crippen LogP contribution in [-0.2, 0) is 11.5 Å². The number of imidazole rings is 1. The van der Waals surface area contributed by atoms with E-state index in [4.69, 9.17) is 4.74 Å². The summed E-state index contributed by atoms with van der Waals surface area (Å²) in [6, 6.07) is 5.01. The van der Waals surface area contributed by atoms with E-state index in [0.717, 1.165) is 22.5 Å². The maximum Gasteiger partial charge on any atom is 0.181 e. The van der Waals surface area contributed by atoms with Gasteiger partial charge in [0.2, 0.25) is 0 Å². The molecule has 18 heavy (non-hydrogen) atoms. The van der Waals surface area contributed by atoms with Crippen LogP contribution in [0.4, 0.5) is 0 Å². The van der Waals surface area contributed by atoms with Gasteiger partial charge in [0.05, 0.1) is 0 Å². The molecule has 0 aliphatic rings. The monoisotopic (exact) mass is 327 g/mol. The Balaban J connectivity index is 2.01. The van der Waals surface area contributed by atoms with Gasteiger partial charge in [-0.2, -0.15) is 0 Å². The lowest BCUT2D eigenvalue weighted by Crippen LogP contribution is -2.22. The van der Waals surface area contributed by atoms with Gasteiger partial charge >= 0.3 is 0 Å². The summed E-state index contributed by atoms with van der Waals surface area (Å²) in [5.74, 6) is 0. The number of fused-ring (bicyclic) bond motifs is 1. The first-order chi connectivity index (χ1) is 8.47. The molecule has 0 unspecified atom stereocenters. The number of halogens is 1. The number of hydrogen-bond donors (Lipinski definition) is 0. The Labute approximate surface area is 117 Å². The lowest BCUT2D eigenvalue weighted by molar-refractivity contribution is 0.0880. The molecule has 0 aromatic carbocycles. The Bertz CT molecular complexity index is 536. The summed E-state index contributed by atoms with van der Waals surface area (Å²) in [5.41, 5.74) is 1.75. The molecular formula is C12H18BrN3OSi. The lowest BCUT2D eigenvalue weighted by atomic mass is 10.4. The van der Waals surface area contributed by atoms with Gasteiger partial charge in [0.15, 0.2) is 10.4 Å². The number of hydrogen-bond acceptors (Lipinski definition) is 3. The van der Waals surface area contributed by atoms with Crippen LogP contribution in [0, 0.1) is 0 Å². The fourth-order valence-corrected chi connectivity index (χ4v) is 2.80. The van der Waals surface area contributed by atoms with Crippen LogP contribution < -0.4 is 0 Å².